The van der Waals surface area contributed by atoms with Crippen LogP contribution in [-0.4, -0.2) is 75.6 Å². The number of urea groups is 1. The summed E-state index contributed by atoms with van der Waals surface area (Å²) in [6.07, 6.45) is -0.601. The van der Waals surface area contributed by atoms with Crippen molar-refractivity contribution in [1.29, 1.82) is 0 Å². The Labute approximate surface area is 239 Å². The van der Waals surface area contributed by atoms with Crippen LogP contribution in [0.2, 0.25) is 0 Å². The van der Waals surface area contributed by atoms with Crippen molar-refractivity contribution in [3.63, 3.8) is 0 Å². The topological polar surface area (TPSA) is 96.4 Å². The van der Waals surface area contributed by atoms with Gasteiger partial charge in [-0.15, -0.1) is 0 Å². The fourth-order valence-electron chi connectivity index (χ4n) is 5.13. The van der Waals surface area contributed by atoms with E-state index in [0.717, 1.165) is 16.7 Å². The Balaban J connectivity index is 1.61. The SMILES string of the molecule is C[C@@H](c1ccccc1)N(C)C(=O)[C@H](Cc1ccc(O)cc1)N1C(=O)CN(C)N(C(=O)NCc2ccc(F)cc2)[C@H]1C. The average Bonchev–Trinajstić information content (AvgIpc) is 2.96. The van der Waals surface area contributed by atoms with Crippen LogP contribution in [0.1, 0.15) is 36.6 Å². The average molecular weight is 562 g/mol. The van der Waals surface area contributed by atoms with Crippen LogP contribution in [0.25, 0.3) is 0 Å². The van der Waals surface area contributed by atoms with E-state index in [2.05, 4.69) is 5.32 Å². The Bertz CT molecular complexity index is 1350. The molecule has 0 aromatic heterocycles. The number of aromatic hydroxyl groups is 1. The predicted molar refractivity (Wildman–Crippen MR) is 153 cm³/mol. The van der Waals surface area contributed by atoms with Crippen LogP contribution in [0.15, 0.2) is 78.9 Å². The zero-order chi connectivity index (χ0) is 29.7. The van der Waals surface area contributed by atoms with Gasteiger partial charge in [0.1, 0.15) is 23.8 Å². The third-order valence-corrected chi connectivity index (χ3v) is 7.54. The molecule has 0 bridgehead atoms. The Morgan fingerprint density at radius 1 is 1.02 bits per heavy atom. The second-order valence-electron chi connectivity index (χ2n) is 10.3. The number of halogens is 1. The Kier molecular flexibility index (Phi) is 9.24. The van der Waals surface area contributed by atoms with Crippen LogP contribution >= 0.6 is 0 Å². The summed E-state index contributed by atoms with van der Waals surface area (Å²) >= 11 is 0. The molecule has 1 saturated heterocycles. The Hall–Kier alpha value is -4.44. The predicted octanol–water partition coefficient (Wildman–Crippen LogP) is 3.91. The smallest absolute Gasteiger partial charge is 0.334 e. The van der Waals surface area contributed by atoms with Crippen molar-refractivity contribution in [2.45, 2.75) is 45.1 Å². The highest BCUT2D eigenvalue weighted by Crippen LogP contribution is 2.26. The fourth-order valence-corrected chi connectivity index (χ4v) is 5.13. The third-order valence-electron chi connectivity index (χ3n) is 7.54. The third kappa shape index (κ3) is 6.83. The van der Waals surface area contributed by atoms with Gasteiger partial charge in [0.25, 0.3) is 0 Å². The molecule has 10 heteroatoms. The summed E-state index contributed by atoms with van der Waals surface area (Å²) in [7, 11) is 3.35. The molecule has 1 fully saturated rings. The highest BCUT2D eigenvalue weighted by Gasteiger charge is 2.44. The normalized spacial score (nSPS) is 17.2. The minimum atomic E-state index is -0.917. The number of nitrogens with zero attached hydrogens (tertiary/aromatic N) is 4. The van der Waals surface area contributed by atoms with Gasteiger partial charge in [0, 0.05) is 27.1 Å². The van der Waals surface area contributed by atoms with E-state index in [1.54, 1.807) is 50.2 Å². The van der Waals surface area contributed by atoms with Crippen molar-refractivity contribution in [3.05, 3.63) is 101 Å². The summed E-state index contributed by atoms with van der Waals surface area (Å²) in [5, 5.41) is 15.6. The molecule has 0 radical (unpaired) electrons. The van der Waals surface area contributed by atoms with E-state index in [-0.39, 0.29) is 48.9 Å². The molecule has 1 heterocycles. The molecule has 1 aliphatic heterocycles. The zero-order valence-electron chi connectivity index (χ0n) is 23.7. The highest BCUT2D eigenvalue weighted by atomic mass is 19.1. The molecule has 4 amide bonds. The fraction of sp³-hybridized carbons (Fsp3) is 0.323. The summed E-state index contributed by atoms with van der Waals surface area (Å²) in [4.78, 5) is 44.1. The number of phenolic OH excluding ortho intramolecular Hbond substituents is 1. The molecule has 9 nitrogen and oxygen atoms in total. The lowest BCUT2D eigenvalue weighted by molar-refractivity contribution is -0.172. The van der Waals surface area contributed by atoms with Gasteiger partial charge in [-0.05, 0) is 54.8 Å². The van der Waals surface area contributed by atoms with Crippen molar-refractivity contribution in [1.82, 2.24) is 25.1 Å². The molecule has 0 unspecified atom stereocenters. The van der Waals surface area contributed by atoms with Crippen molar-refractivity contribution in [2.75, 3.05) is 20.6 Å². The number of nitrogens with one attached hydrogen (secondary N) is 1. The second-order valence-corrected chi connectivity index (χ2v) is 10.3. The van der Waals surface area contributed by atoms with Gasteiger partial charge in [0.15, 0.2) is 0 Å². The van der Waals surface area contributed by atoms with E-state index >= 15 is 0 Å². The van der Waals surface area contributed by atoms with E-state index in [1.807, 2.05) is 37.3 Å². The first kappa shape index (κ1) is 29.5. The zero-order valence-corrected chi connectivity index (χ0v) is 23.7. The first-order chi connectivity index (χ1) is 19.6. The molecular weight excluding hydrogens is 525 g/mol. The van der Waals surface area contributed by atoms with E-state index < -0.39 is 18.2 Å². The van der Waals surface area contributed by atoms with E-state index in [0.29, 0.717) is 0 Å². The van der Waals surface area contributed by atoms with Gasteiger partial charge in [-0.3, -0.25) is 9.59 Å². The van der Waals surface area contributed by atoms with E-state index in [1.165, 1.54) is 39.2 Å². The summed E-state index contributed by atoms with van der Waals surface area (Å²) < 4.78 is 13.3. The lowest BCUT2D eigenvalue weighted by Gasteiger charge is -2.49. The number of rotatable bonds is 8. The number of hydrazine groups is 1. The monoisotopic (exact) mass is 561 g/mol. The second kappa shape index (κ2) is 12.8. The number of carbonyl (C=O) groups is 3. The number of hydrogen-bond acceptors (Lipinski definition) is 5. The highest BCUT2D eigenvalue weighted by molar-refractivity contribution is 5.90. The van der Waals surface area contributed by atoms with Crippen LogP contribution in [0.3, 0.4) is 0 Å². The standard InChI is InChI=1S/C31H36FN5O4/c1-21(25-8-6-5-7-9-25)35(4)30(40)28(18-23-12-16-27(38)17-13-23)36-22(2)37(34(3)20-29(36)39)31(41)33-19-24-10-14-26(32)15-11-24/h5-17,21-22,28,38H,18-20H2,1-4H3,(H,33,41)/t21-,22-,28-/m0/s1. The molecule has 0 aliphatic carbocycles. The summed E-state index contributed by atoms with van der Waals surface area (Å²) in [6, 6.07) is 20.3. The van der Waals surface area contributed by atoms with Crippen LogP contribution in [0, 0.1) is 5.82 Å². The molecule has 0 spiro atoms. The van der Waals surface area contributed by atoms with Gasteiger partial charge < -0.3 is 20.2 Å². The molecular formula is C31H36FN5O4. The molecule has 41 heavy (non-hydrogen) atoms. The number of phenols is 1. The van der Waals surface area contributed by atoms with Crippen LogP contribution < -0.4 is 5.32 Å². The summed E-state index contributed by atoms with van der Waals surface area (Å²) in [5.41, 5.74) is 2.43. The Morgan fingerprint density at radius 2 is 1.63 bits per heavy atom. The Morgan fingerprint density at radius 3 is 2.27 bits per heavy atom. The van der Waals surface area contributed by atoms with Gasteiger partial charge in [-0.25, -0.2) is 19.2 Å². The minimum Gasteiger partial charge on any atom is -0.508 e. The number of carbonyl (C=O) groups excluding carboxylic acids is 3. The number of hydrogen-bond donors (Lipinski definition) is 2. The number of likely N-dealkylation sites (N-methyl/N-ethyl adjacent to an activating group) is 2. The lowest BCUT2D eigenvalue weighted by Crippen LogP contribution is -2.70. The van der Waals surface area contributed by atoms with Gasteiger partial charge >= 0.3 is 6.03 Å². The molecule has 3 aromatic carbocycles. The van der Waals surface area contributed by atoms with E-state index in [4.69, 9.17) is 0 Å². The quantitative estimate of drug-likeness (QED) is 0.435. The first-order valence-corrected chi connectivity index (χ1v) is 13.5. The molecule has 0 saturated carbocycles. The lowest BCUT2D eigenvalue weighted by atomic mass is 10.00. The van der Waals surface area contributed by atoms with Gasteiger partial charge in [-0.2, -0.15) is 0 Å². The van der Waals surface area contributed by atoms with Crippen molar-refractivity contribution < 1.29 is 23.9 Å². The maximum Gasteiger partial charge on any atom is 0.334 e. The molecule has 216 valence electrons. The van der Waals surface area contributed by atoms with Crippen molar-refractivity contribution >= 4 is 17.8 Å². The minimum absolute atomic E-state index is 0.0967. The van der Waals surface area contributed by atoms with Gasteiger partial charge in [0.2, 0.25) is 11.8 Å². The molecule has 3 atom stereocenters. The van der Waals surface area contributed by atoms with Crippen molar-refractivity contribution in [3.8, 4) is 5.75 Å². The van der Waals surface area contributed by atoms with Gasteiger partial charge in [-0.1, -0.05) is 54.6 Å². The van der Waals surface area contributed by atoms with Gasteiger partial charge in [0.05, 0.1) is 12.6 Å². The summed E-state index contributed by atoms with van der Waals surface area (Å²) in [5.74, 6) is -0.833. The van der Waals surface area contributed by atoms with Crippen LogP contribution in [0.5, 0.6) is 5.75 Å². The molecule has 3 aromatic rings. The van der Waals surface area contributed by atoms with Crippen LogP contribution in [-0.2, 0) is 22.6 Å². The first-order valence-electron chi connectivity index (χ1n) is 13.5. The maximum absolute atomic E-state index is 14.1. The molecule has 2 N–H and O–H groups in total. The van der Waals surface area contributed by atoms with E-state index in [9.17, 15) is 23.9 Å². The van der Waals surface area contributed by atoms with Crippen molar-refractivity contribution in [2.24, 2.45) is 0 Å². The molecule has 4 rings (SSSR count). The number of amides is 4. The maximum atomic E-state index is 14.1. The summed E-state index contributed by atoms with van der Waals surface area (Å²) in [6.45, 7) is 3.70. The van der Waals surface area contributed by atoms with Crippen LogP contribution in [0.4, 0.5) is 9.18 Å². The number of benzene rings is 3. The molecule has 1 aliphatic rings. The largest absolute Gasteiger partial charge is 0.508 e.